The van der Waals surface area contributed by atoms with Gasteiger partial charge in [0.2, 0.25) is 5.95 Å². The van der Waals surface area contributed by atoms with Gasteiger partial charge in [-0.15, -0.1) is 0 Å². The van der Waals surface area contributed by atoms with Crippen molar-refractivity contribution in [1.82, 2.24) is 34.8 Å². The number of rotatable bonds is 4. The van der Waals surface area contributed by atoms with E-state index in [2.05, 4.69) is 32.6 Å². The highest BCUT2D eigenvalue weighted by Gasteiger charge is 2.26. The van der Waals surface area contributed by atoms with Gasteiger partial charge in [-0.3, -0.25) is 9.59 Å². The Morgan fingerprint density at radius 2 is 1.94 bits per heavy atom. The van der Waals surface area contributed by atoms with Gasteiger partial charge in [-0.25, -0.2) is 19.1 Å². The molecule has 32 heavy (non-hydrogen) atoms. The summed E-state index contributed by atoms with van der Waals surface area (Å²) in [5, 5.41) is 10.6. The molecular formula is C23H23N7O2. The molecular weight excluding hydrogens is 406 g/mol. The Labute approximate surface area is 184 Å². The number of hydrogen-bond donors (Lipinski definition) is 2. The Balaban J connectivity index is 1.74. The maximum Gasteiger partial charge on any atom is 0.264 e. The highest BCUT2D eigenvalue weighted by Crippen LogP contribution is 2.22. The third-order valence-electron chi connectivity index (χ3n) is 5.79. The number of carbonyl (C=O) groups excluding carboxylic acids is 1. The van der Waals surface area contributed by atoms with Crippen LogP contribution in [0.5, 0.6) is 0 Å². The molecule has 0 bridgehead atoms. The molecule has 1 atom stereocenters. The normalized spacial score (nSPS) is 15.5. The van der Waals surface area contributed by atoms with Gasteiger partial charge >= 0.3 is 0 Å². The number of nitrogens with one attached hydrogen (secondary N) is 2. The van der Waals surface area contributed by atoms with Crippen LogP contribution in [0.4, 0.5) is 0 Å². The predicted octanol–water partition coefficient (Wildman–Crippen LogP) is 1.26. The lowest BCUT2D eigenvalue weighted by molar-refractivity contribution is 0.0962. The van der Waals surface area contributed by atoms with Crippen LogP contribution in [-0.4, -0.2) is 43.1 Å². The first-order chi connectivity index (χ1) is 15.6. The molecule has 1 aliphatic heterocycles. The average Bonchev–Trinajstić information content (AvgIpc) is 3.23. The van der Waals surface area contributed by atoms with E-state index in [1.54, 1.807) is 13.2 Å². The monoisotopic (exact) mass is 429 g/mol. The molecule has 162 valence electrons. The zero-order valence-electron chi connectivity index (χ0n) is 17.9. The molecule has 0 saturated carbocycles. The summed E-state index contributed by atoms with van der Waals surface area (Å²) >= 11 is 0. The van der Waals surface area contributed by atoms with Gasteiger partial charge in [0.15, 0.2) is 0 Å². The van der Waals surface area contributed by atoms with E-state index in [4.69, 9.17) is 0 Å². The Morgan fingerprint density at radius 3 is 2.66 bits per heavy atom. The van der Waals surface area contributed by atoms with Crippen molar-refractivity contribution in [2.24, 2.45) is 0 Å². The molecule has 0 saturated heterocycles. The third-order valence-corrected chi connectivity index (χ3v) is 5.79. The highest BCUT2D eigenvalue weighted by molar-refractivity contribution is 5.93. The van der Waals surface area contributed by atoms with Crippen LogP contribution in [-0.2, 0) is 19.4 Å². The van der Waals surface area contributed by atoms with E-state index in [0.717, 1.165) is 16.8 Å². The number of fused-ring (bicyclic) bond motifs is 3. The minimum Gasteiger partial charge on any atom is -0.355 e. The minimum absolute atomic E-state index is 0.150. The standard InChI is InChI=1S/C23H23N7O2/c1-14-8-18-19(13-25-14)30-21(16(12-28-30)9-15-6-4-3-5-7-15)29(22(18)32)23-26-10-17(11-27-23)20(31)24-2/h3-7,10-12,14,25H,8-9,13H2,1-2H3,(H,24,31). The van der Waals surface area contributed by atoms with Gasteiger partial charge in [0, 0.05) is 49.6 Å². The van der Waals surface area contributed by atoms with Crippen LogP contribution in [0.2, 0.25) is 0 Å². The SMILES string of the molecule is CNC(=O)c1cnc(-n2c(=O)c3c(n4ncc(Cc5ccccc5)c24)CNC(C)C3)nc1. The Kier molecular flexibility index (Phi) is 5.02. The van der Waals surface area contributed by atoms with Crippen molar-refractivity contribution in [2.75, 3.05) is 7.05 Å². The van der Waals surface area contributed by atoms with Gasteiger partial charge in [0.25, 0.3) is 11.5 Å². The van der Waals surface area contributed by atoms with Crippen LogP contribution in [0, 0.1) is 0 Å². The summed E-state index contributed by atoms with van der Waals surface area (Å²) in [7, 11) is 1.55. The first kappa shape index (κ1) is 20.1. The number of carbonyl (C=O) groups is 1. The molecule has 9 heteroatoms. The molecule has 0 spiro atoms. The molecule has 4 aromatic rings. The van der Waals surface area contributed by atoms with Gasteiger partial charge < -0.3 is 10.6 Å². The minimum atomic E-state index is -0.284. The molecule has 0 fully saturated rings. The summed E-state index contributed by atoms with van der Waals surface area (Å²) in [5.41, 5.74) is 4.40. The van der Waals surface area contributed by atoms with E-state index in [9.17, 15) is 9.59 Å². The first-order valence-corrected chi connectivity index (χ1v) is 10.5. The molecule has 0 aliphatic carbocycles. The van der Waals surface area contributed by atoms with Crippen molar-refractivity contribution >= 4 is 11.6 Å². The van der Waals surface area contributed by atoms with Crippen LogP contribution in [0.25, 0.3) is 11.6 Å². The number of hydrogen-bond acceptors (Lipinski definition) is 6. The topological polar surface area (TPSA) is 106 Å². The van der Waals surface area contributed by atoms with Crippen LogP contribution < -0.4 is 16.2 Å². The Bertz CT molecular complexity index is 1360. The van der Waals surface area contributed by atoms with Crippen LogP contribution in [0.3, 0.4) is 0 Å². The largest absolute Gasteiger partial charge is 0.355 e. The van der Waals surface area contributed by atoms with Gasteiger partial charge in [0.05, 0.1) is 17.5 Å². The van der Waals surface area contributed by atoms with E-state index < -0.39 is 0 Å². The van der Waals surface area contributed by atoms with E-state index in [0.29, 0.717) is 36.2 Å². The van der Waals surface area contributed by atoms with Gasteiger partial charge in [-0.05, 0) is 18.9 Å². The van der Waals surface area contributed by atoms with Gasteiger partial charge in [0.1, 0.15) is 5.65 Å². The first-order valence-electron chi connectivity index (χ1n) is 10.5. The molecule has 1 aliphatic rings. The van der Waals surface area contributed by atoms with Crippen molar-refractivity contribution in [1.29, 1.82) is 0 Å². The number of benzene rings is 1. The van der Waals surface area contributed by atoms with E-state index in [-0.39, 0.29) is 23.5 Å². The summed E-state index contributed by atoms with van der Waals surface area (Å²) in [6.45, 7) is 2.61. The molecule has 2 N–H and O–H groups in total. The maximum absolute atomic E-state index is 13.7. The van der Waals surface area contributed by atoms with Crippen molar-refractivity contribution < 1.29 is 4.79 Å². The summed E-state index contributed by atoms with van der Waals surface area (Å²) in [5.74, 6) is -0.0649. The van der Waals surface area contributed by atoms with Gasteiger partial charge in [-0.2, -0.15) is 5.10 Å². The number of nitrogens with zero attached hydrogens (tertiary/aromatic N) is 5. The Morgan fingerprint density at radius 1 is 1.19 bits per heavy atom. The molecule has 1 amide bonds. The van der Waals surface area contributed by atoms with Crippen LogP contribution in [0.15, 0.2) is 53.7 Å². The summed E-state index contributed by atoms with van der Waals surface area (Å²) in [6.07, 6.45) is 5.87. The molecule has 1 unspecified atom stereocenters. The molecule has 1 aromatic carbocycles. The molecule has 4 heterocycles. The lowest BCUT2D eigenvalue weighted by Crippen LogP contribution is -2.40. The van der Waals surface area contributed by atoms with E-state index in [1.807, 2.05) is 34.8 Å². The summed E-state index contributed by atoms with van der Waals surface area (Å²) in [4.78, 5) is 34.3. The molecule has 9 nitrogen and oxygen atoms in total. The highest BCUT2D eigenvalue weighted by atomic mass is 16.1. The number of aromatic nitrogens is 5. The van der Waals surface area contributed by atoms with Crippen LogP contribution >= 0.6 is 0 Å². The van der Waals surface area contributed by atoms with Crippen molar-refractivity contribution in [2.45, 2.75) is 32.4 Å². The van der Waals surface area contributed by atoms with E-state index >= 15 is 0 Å². The fourth-order valence-corrected chi connectivity index (χ4v) is 4.15. The predicted molar refractivity (Wildman–Crippen MR) is 119 cm³/mol. The smallest absolute Gasteiger partial charge is 0.264 e. The third kappa shape index (κ3) is 3.36. The Hall–Kier alpha value is -3.85. The second kappa shape index (κ2) is 8.01. The van der Waals surface area contributed by atoms with Gasteiger partial charge in [-0.1, -0.05) is 30.3 Å². The van der Waals surface area contributed by atoms with Crippen molar-refractivity contribution in [3.63, 3.8) is 0 Å². The van der Waals surface area contributed by atoms with Crippen molar-refractivity contribution in [3.05, 3.63) is 87.2 Å². The second-order valence-electron chi connectivity index (χ2n) is 7.97. The zero-order chi connectivity index (χ0) is 22.2. The molecule has 5 rings (SSSR count). The van der Waals surface area contributed by atoms with Crippen molar-refractivity contribution in [3.8, 4) is 5.95 Å². The fourth-order valence-electron chi connectivity index (χ4n) is 4.15. The second-order valence-corrected chi connectivity index (χ2v) is 7.97. The van der Waals surface area contributed by atoms with E-state index in [1.165, 1.54) is 17.0 Å². The summed E-state index contributed by atoms with van der Waals surface area (Å²) in [6, 6.07) is 10.2. The molecule has 3 aromatic heterocycles. The average molecular weight is 429 g/mol. The number of amides is 1. The fraction of sp³-hybridized carbons (Fsp3) is 0.261. The zero-order valence-corrected chi connectivity index (χ0v) is 17.9. The molecule has 0 radical (unpaired) electrons. The summed E-state index contributed by atoms with van der Waals surface area (Å²) < 4.78 is 3.35. The quantitative estimate of drug-likeness (QED) is 0.506. The maximum atomic E-state index is 13.7. The lowest BCUT2D eigenvalue weighted by Gasteiger charge is -2.24. The van der Waals surface area contributed by atoms with Crippen LogP contribution in [0.1, 0.15) is 39.7 Å². The lowest BCUT2D eigenvalue weighted by atomic mass is 10.0.